The molecule has 5 heteroatoms. The molecule has 0 amide bonds. The molecule has 2 N–H and O–H groups in total. The summed E-state index contributed by atoms with van der Waals surface area (Å²) in [5, 5.41) is 10.0. The number of aromatic amines is 1. The van der Waals surface area contributed by atoms with Gasteiger partial charge in [-0.25, -0.2) is 9.78 Å². The first-order chi connectivity index (χ1) is 13.2. The number of nitrogens with one attached hydrogen (secondary N) is 1. The van der Waals surface area contributed by atoms with Gasteiger partial charge < -0.3 is 15.0 Å². The lowest BCUT2D eigenvalue weighted by molar-refractivity contribution is 0.0691. The highest BCUT2D eigenvalue weighted by Crippen LogP contribution is 2.23. The van der Waals surface area contributed by atoms with Crippen LogP contribution in [0.3, 0.4) is 0 Å². The summed E-state index contributed by atoms with van der Waals surface area (Å²) in [5.74, 6) is -0.163. The second-order valence-corrected chi connectivity index (χ2v) is 6.45. The van der Waals surface area contributed by atoms with Gasteiger partial charge in [-0.15, -0.1) is 0 Å². The first-order valence-electron chi connectivity index (χ1n) is 8.74. The first kappa shape index (κ1) is 16.8. The van der Waals surface area contributed by atoms with E-state index in [2.05, 4.69) is 39.1 Å². The summed E-state index contributed by atoms with van der Waals surface area (Å²) < 4.78 is 0. The Bertz CT molecular complexity index is 1020. The van der Waals surface area contributed by atoms with Crippen LogP contribution < -0.4 is 4.90 Å². The zero-order valence-corrected chi connectivity index (χ0v) is 14.7. The van der Waals surface area contributed by atoms with Crippen molar-refractivity contribution < 1.29 is 9.90 Å². The van der Waals surface area contributed by atoms with Gasteiger partial charge in [0, 0.05) is 18.5 Å². The van der Waals surface area contributed by atoms with Gasteiger partial charge in [0.15, 0.2) is 0 Å². The van der Waals surface area contributed by atoms with Crippen LogP contribution in [-0.4, -0.2) is 21.0 Å². The van der Waals surface area contributed by atoms with Crippen LogP contribution in [0.15, 0.2) is 79.0 Å². The monoisotopic (exact) mass is 357 g/mol. The summed E-state index contributed by atoms with van der Waals surface area (Å²) in [6.45, 7) is 1.43. The molecule has 0 saturated heterocycles. The molecule has 0 radical (unpaired) electrons. The van der Waals surface area contributed by atoms with Crippen LogP contribution in [0.5, 0.6) is 0 Å². The summed E-state index contributed by atoms with van der Waals surface area (Å²) in [5.41, 5.74) is 3.27. The number of rotatable bonds is 6. The van der Waals surface area contributed by atoms with Gasteiger partial charge in [0.2, 0.25) is 0 Å². The molecule has 0 unspecified atom stereocenters. The van der Waals surface area contributed by atoms with Crippen LogP contribution in [0.4, 0.5) is 5.82 Å². The fraction of sp³-hybridized carbons (Fsp3) is 0.0909. The summed E-state index contributed by atoms with van der Waals surface area (Å²) in [4.78, 5) is 20.9. The Labute approximate surface area is 156 Å². The fourth-order valence-electron chi connectivity index (χ4n) is 3.13. The molecule has 27 heavy (non-hydrogen) atoms. The van der Waals surface area contributed by atoms with Crippen LogP contribution in [0, 0.1) is 0 Å². The number of carboxylic acids is 1. The van der Waals surface area contributed by atoms with Crippen LogP contribution in [-0.2, 0) is 13.1 Å². The Morgan fingerprint density at radius 2 is 1.52 bits per heavy atom. The van der Waals surface area contributed by atoms with Gasteiger partial charge in [-0.05, 0) is 23.3 Å². The zero-order chi connectivity index (χ0) is 18.6. The number of hydrogen-bond acceptors (Lipinski definition) is 3. The van der Waals surface area contributed by atoms with Crippen molar-refractivity contribution in [2.24, 2.45) is 0 Å². The lowest BCUT2D eigenvalue weighted by atomic mass is 10.1. The number of aromatic nitrogens is 2. The highest BCUT2D eigenvalue weighted by Gasteiger charge is 2.13. The number of fused-ring (bicyclic) bond motifs is 1. The summed E-state index contributed by atoms with van der Waals surface area (Å²) in [6.07, 6.45) is 1.69. The molecular weight excluding hydrogens is 338 g/mol. The van der Waals surface area contributed by atoms with Gasteiger partial charge in [-0.2, -0.15) is 0 Å². The van der Waals surface area contributed by atoms with E-state index in [9.17, 15) is 9.90 Å². The maximum atomic E-state index is 11.2. The minimum atomic E-state index is -0.974. The molecule has 0 fully saturated rings. The molecule has 4 aromatic rings. The predicted molar refractivity (Wildman–Crippen MR) is 106 cm³/mol. The van der Waals surface area contributed by atoms with Gasteiger partial charge >= 0.3 is 5.97 Å². The summed E-state index contributed by atoms with van der Waals surface area (Å²) >= 11 is 0. The van der Waals surface area contributed by atoms with Crippen molar-refractivity contribution in [3.8, 4) is 0 Å². The molecular formula is C22H19N3O2. The third-order valence-electron chi connectivity index (χ3n) is 4.48. The quantitative estimate of drug-likeness (QED) is 0.534. The minimum absolute atomic E-state index is 0.168. The van der Waals surface area contributed by atoms with Crippen LogP contribution in [0.1, 0.15) is 21.6 Å². The third kappa shape index (κ3) is 3.82. The topological polar surface area (TPSA) is 69.2 Å². The number of carbonyl (C=O) groups is 1. The van der Waals surface area contributed by atoms with E-state index < -0.39 is 5.97 Å². The molecule has 134 valence electrons. The van der Waals surface area contributed by atoms with Gasteiger partial charge in [0.1, 0.15) is 11.5 Å². The molecule has 4 rings (SSSR count). The average molecular weight is 357 g/mol. The van der Waals surface area contributed by atoms with Crippen molar-refractivity contribution in [1.29, 1.82) is 0 Å². The van der Waals surface area contributed by atoms with E-state index in [0.717, 1.165) is 16.7 Å². The third-order valence-corrected chi connectivity index (χ3v) is 4.48. The number of carboxylic acid groups (broad SMARTS) is 1. The molecule has 0 aliphatic heterocycles. The average Bonchev–Trinajstić information content (AvgIpc) is 3.13. The van der Waals surface area contributed by atoms with Gasteiger partial charge in [-0.1, -0.05) is 60.7 Å². The summed E-state index contributed by atoms with van der Waals surface area (Å²) in [6, 6.07) is 24.1. The highest BCUT2D eigenvalue weighted by atomic mass is 16.4. The molecule has 0 saturated carbocycles. The standard InChI is InChI=1S/C22H19N3O2/c26-22(27)19-11-18-12-21(23-13-20(18)24-19)25(14-16-7-3-1-4-8-16)15-17-9-5-2-6-10-17/h1-13,24H,14-15H2,(H,26,27). The maximum Gasteiger partial charge on any atom is 0.352 e. The van der Waals surface area contributed by atoms with Gasteiger partial charge in [0.05, 0.1) is 11.7 Å². The Kier molecular flexibility index (Phi) is 4.58. The van der Waals surface area contributed by atoms with Crippen molar-refractivity contribution in [2.45, 2.75) is 13.1 Å². The molecule has 0 aliphatic rings. The number of pyridine rings is 1. The molecule has 0 atom stereocenters. The van der Waals surface area contributed by atoms with E-state index >= 15 is 0 Å². The number of nitrogens with zero attached hydrogens (tertiary/aromatic N) is 2. The summed E-state index contributed by atoms with van der Waals surface area (Å²) in [7, 11) is 0. The lowest BCUT2D eigenvalue weighted by Crippen LogP contribution is -2.23. The Balaban J connectivity index is 1.70. The van der Waals surface area contributed by atoms with E-state index in [1.807, 2.05) is 42.5 Å². The van der Waals surface area contributed by atoms with Crippen molar-refractivity contribution in [3.63, 3.8) is 0 Å². The Morgan fingerprint density at radius 3 is 2.07 bits per heavy atom. The second-order valence-electron chi connectivity index (χ2n) is 6.45. The van der Waals surface area contributed by atoms with E-state index in [0.29, 0.717) is 13.1 Å². The number of benzene rings is 2. The zero-order valence-electron chi connectivity index (χ0n) is 14.7. The Morgan fingerprint density at radius 1 is 0.926 bits per heavy atom. The number of H-pyrrole nitrogens is 1. The maximum absolute atomic E-state index is 11.2. The van der Waals surface area contributed by atoms with Crippen molar-refractivity contribution >= 4 is 22.7 Å². The van der Waals surface area contributed by atoms with E-state index in [1.165, 1.54) is 11.1 Å². The minimum Gasteiger partial charge on any atom is -0.477 e. The smallest absolute Gasteiger partial charge is 0.352 e. The molecule has 2 aromatic heterocycles. The molecule has 0 aliphatic carbocycles. The highest BCUT2D eigenvalue weighted by molar-refractivity contribution is 5.94. The van der Waals surface area contributed by atoms with Crippen molar-refractivity contribution in [3.05, 3.63) is 95.8 Å². The molecule has 5 nitrogen and oxygen atoms in total. The van der Waals surface area contributed by atoms with E-state index in [-0.39, 0.29) is 5.69 Å². The Hall–Kier alpha value is -3.60. The largest absolute Gasteiger partial charge is 0.477 e. The van der Waals surface area contributed by atoms with E-state index in [4.69, 9.17) is 0 Å². The number of anilines is 1. The first-order valence-corrected chi connectivity index (χ1v) is 8.74. The molecule has 2 heterocycles. The normalized spacial score (nSPS) is 10.8. The van der Waals surface area contributed by atoms with Gasteiger partial charge in [0.25, 0.3) is 0 Å². The van der Waals surface area contributed by atoms with Crippen LogP contribution in [0.25, 0.3) is 10.9 Å². The van der Waals surface area contributed by atoms with Gasteiger partial charge in [-0.3, -0.25) is 0 Å². The molecule has 0 bridgehead atoms. The number of aromatic carboxylic acids is 1. The van der Waals surface area contributed by atoms with Crippen LogP contribution in [0.2, 0.25) is 0 Å². The van der Waals surface area contributed by atoms with Crippen molar-refractivity contribution in [1.82, 2.24) is 9.97 Å². The second kappa shape index (κ2) is 7.33. The fourth-order valence-corrected chi connectivity index (χ4v) is 3.13. The SMILES string of the molecule is O=C(O)c1cc2cc(N(Cc3ccccc3)Cc3ccccc3)ncc2[nH]1. The van der Waals surface area contributed by atoms with Crippen molar-refractivity contribution in [2.75, 3.05) is 4.90 Å². The molecule has 0 spiro atoms. The lowest BCUT2D eigenvalue weighted by Gasteiger charge is -2.24. The van der Waals surface area contributed by atoms with Crippen LogP contribution >= 0.6 is 0 Å². The van der Waals surface area contributed by atoms with E-state index in [1.54, 1.807) is 12.3 Å². The molecule has 2 aromatic carbocycles. The predicted octanol–water partition coefficient (Wildman–Crippen LogP) is 4.47. The number of hydrogen-bond donors (Lipinski definition) is 2.